The normalized spacial score (nSPS) is 19.0. The van der Waals surface area contributed by atoms with E-state index in [9.17, 15) is 13.2 Å². The molecule has 1 atom stereocenters. The van der Waals surface area contributed by atoms with Crippen LogP contribution in [0.15, 0.2) is 47.4 Å². The lowest BCUT2D eigenvalue weighted by molar-refractivity contribution is -0.116. The monoisotopic (exact) mass is 455 g/mol. The molecule has 1 aliphatic carbocycles. The first kappa shape index (κ1) is 23.0. The lowest BCUT2D eigenvalue weighted by Gasteiger charge is -2.32. The van der Waals surface area contributed by atoms with Gasteiger partial charge in [-0.05, 0) is 86.9 Å². The first-order valence-corrected chi connectivity index (χ1v) is 13.1. The molecule has 2 aromatic carbocycles. The van der Waals surface area contributed by atoms with E-state index in [1.165, 1.54) is 17.5 Å². The summed E-state index contributed by atoms with van der Waals surface area (Å²) in [4.78, 5) is 15.0. The number of anilines is 1. The fourth-order valence-corrected chi connectivity index (χ4v) is 5.80. The van der Waals surface area contributed by atoms with E-state index in [0.717, 1.165) is 50.0 Å². The lowest BCUT2D eigenvalue weighted by atomic mass is 9.98. The maximum Gasteiger partial charge on any atom is 0.240 e. The number of sulfonamides is 1. The van der Waals surface area contributed by atoms with Crippen LogP contribution in [0.3, 0.4) is 0 Å². The molecule has 0 bridgehead atoms. The van der Waals surface area contributed by atoms with E-state index < -0.39 is 10.0 Å². The number of nitrogens with zero attached hydrogens (tertiary/aromatic N) is 1. The number of aryl methyl sites for hydroxylation is 3. The highest BCUT2D eigenvalue weighted by atomic mass is 32.2. The van der Waals surface area contributed by atoms with Gasteiger partial charge in [0.15, 0.2) is 0 Å². The van der Waals surface area contributed by atoms with Gasteiger partial charge in [0.2, 0.25) is 15.9 Å². The highest BCUT2D eigenvalue weighted by molar-refractivity contribution is 7.89. The van der Waals surface area contributed by atoms with E-state index in [1.807, 2.05) is 25.1 Å². The molecule has 32 heavy (non-hydrogen) atoms. The summed E-state index contributed by atoms with van der Waals surface area (Å²) >= 11 is 0. The molecular formula is C25H33N3O3S. The number of hydrogen-bond donors (Lipinski definition) is 2. The molecule has 0 spiro atoms. The van der Waals surface area contributed by atoms with E-state index in [0.29, 0.717) is 24.4 Å². The third-order valence-corrected chi connectivity index (χ3v) is 7.97. The van der Waals surface area contributed by atoms with E-state index in [1.54, 1.807) is 12.1 Å². The Morgan fingerprint density at radius 2 is 1.84 bits per heavy atom. The third-order valence-electron chi connectivity index (χ3n) is 6.53. The Bertz CT molecular complexity index is 1050. The van der Waals surface area contributed by atoms with Crippen molar-refractivity contribution in [3.63, 3.8) is 0 Å². The van der Waals surface area contributed by atoms with Crippen molar-refractivity contribution >= 4 is 21.6 Å². The summed E-state index contributed by atoms with van der Waals surface area (Å²) < 4.78 is 27.9. The maximum absolute atomic E-state index is 12.5. The second kappa shape index (κ2) is 10.1. The third kappa shape index (κ3) is 5.97. The Kier molecular flexibility index (Phi) is 7.28. The minimum Gasteiger partial charge on any atom is -0.326 e. The number of rotatable bonds is 8. The quantitative estimate of drug-likeness (QED) is 0.639. The van der Waals surface area contributed by atoms with E-state index in [-0.39, 0.29) is 11.8 Å². The number of carbonyl (C=O) groups excluding carboxylic acids is 1. The van der Waals surface area contributed by atoms with Crippen molar-refractivity contribution < 1.29 is 13.2 Å². The zero-order chi connectivity index (χ0) is 22.6. The summed E-state index contributed by atoms with van der Waals surface area (Å²) in [5.41, 5.74) is 4.68. The van der Waals surface area contributed by atoms with Crippen molar-refractivity contribution in [1.82, 2.24) is 9.62 Å². The molecule has 6 nitrogen and oxygen atoms in total. The Balaban J connectivity index is 1.22. The van der Waals surface area contributed by atoms with Gasteiger partial charge in [0.25, 0.3) is 0 Å². The molecule has 4 rings (SSSR count). The predicted octanol–water partition coefficient (Wildman–Crippen LogP) is 3.50. The van der Waals surface area contributed by atoms with Gasteiger partial charge in [-0.1, -0.05) is 23.8 Å². The van der Waals surface area contributed by atoms with Crippen molar-refractivity contribution in [1.29, 1.82) is 0 Å². The van der Waals surface area contributed by atoms with Crippen molar-refractivity contribution in [2.45, 2.75) is 50.3 Å². The van der Waals surface area contributed by atoms with Gasteiger partial charge < -0.3 is 10.2 Å². The van der Waals surface area contributed by atoms with Gasteiger partial charge in [0, 0.05) is 31.7 Å². The van der Waals surface area contributed by atoms with Crippen LogP contribution < -0.4 is 10.0 Å². The Labute approximate surface area is 191 Å². The van der Waals surface area contributed by atoms with Gasteiger partial charge in [-0.15, -0.1) is 0 Å². The number of likely N-dealkylation sites (tertiary alicyclic amines) is 1. The van der Waals surface area contributed by atoms with Crippen LogP contribution in [-0.4, -0.2) is 45.4 Å². The summed E-state index contributed by atoms with van der Waals surface area (Å²) in [6.07, 6.45) is 5.89. The van der Waals surface area contributed by atoms with Crippen LogP contribution in [0.2, 0.25) is 0 Å². The Morgan fingerprint density at radius 3 is 2.66 bits per heavy atom. The highest BCUT2D eigenvalue weighted by Gasteiger charge is 2.23. The van der Waals surface area contributed by atoms with Gasteiger partial charge in [-0.25, -0.2) is 13.1 Å². The first-order chi connectivity index (χ1) is 15.4. The summed E-state index contributed by atoms with van der Waals surface area (Å²) in [5.74, 6) is 0.286. The molecule has 0 saturated carbocycles. The van der Waals surface area contributed by atoms with E-state index in [4.69, 9.17) is 0 Å². The average molecular weight is 456 g/mol. The molecule has 0 radical (unpaired) electrons. The molecule has 0 aromatic heterocycles. The zero-order valence-corrected chi connectivity index (χ0v) is 19.6. The molecule has 1 amide bonds. The van der Waals surface area contributed by atoms with Crippen LogP contribution in [0.4, 0.5) is 5.69 Å². The predicted molar refractivity (Wildman–Crippen MR) is 127 cm³/mol. The van der Waals surface area contributed by atoms with Crippen molar-refractivity contribution in [2.75, 3.05) is 31.5 Å². The second-order valence-corrected chi connectivity index (χ2v) is 10.9. The molecule has 2 aromatic rings. The molecule has 172 valence electrons. The largest absolute Gasteiger partial charge is 0.326 e. The summed E-state index contributed by atoms with van der Waals surface area (Å²) in [5, 5.41) is 3.03. The van der Waals surface area contributed by atoms with Gasteiger partial charge in [0.05, 0.1) is 4.90 Å². The topological polar surface area (TPSA) is 78.5 Å². The van der Waals surface area contributed by atoms with Crippen LogP contribution in [-0.2, 0) is 27.7 Å². The number of nitrogens with one attached hydrogen (secondary N) is 2. The number of hydrogen-bond acceptors (Lipinski definition) is 4. The molecule has 7 heteroatoms. The summed E-state index contributed by atoms with van der Waals surface area (Å²) in [7, 11) is -3.49. The van der Waals surface area contributed by atoms with E-state index >= 15 is 0 Å². The Hall–Kier alpha value is -2.22. The molecule has 2 aliphatic rings. The smallest absolute Gasteiger partial charge is 0.240 e. The van der Waals surface area contributed by atoms with Crippen LogP contribution >= 0.6 is 0 Å². The fraction of sp³-hybridized carbons (Fsp3) is 0.480. The molecule has 1 saturated heterocycles. The van der Waals surface area contributed by atoms with Crippen LogP contribution in [0.1, 0.15) is 42.4 Å². The summed E-state index contributed by atoms with van der Waals surface area (Å²) in [6, 6.07) is 13.1. The zero-order valence-electron chi connectivity index (χ0n) is 18.8. The second-order valence-electron chi connectivity index (χ2n) is 9.11. The number of carbonyl (C=O) groups is 1. The number of amides is 1. The van der Waals surface area contributed by atoms with Crippen LogP contribution in [0.5, 0.6) is 0 Å². The van der Waals surface area contributed by atoms with Crippen LogP contribution in [0.25, 0.3) is 0 Å². The van der Waals surface area contributed by atoms with Gasteiger partial charge in [-0.3, -0.25) is 4.79 Å². The van der Waals surface area contributed by atoms with Gasteiger partial charge in [-0.2, -0.15) is 0 Å². The average Bonchev–Trinajstić information content (AvgIpc) is 3.25. The highest BCUT2D eigenvalue weighted by Crippen LogP contribution is 2.25. The summed E-state index contributed by atoms with van der Waals surface area (Å²) in [6.45, 7) is 4.81. The lowest BCUT2D eigenvalue weighted by Crippen LogP contribution is -2.41. The molecule has 0 unspecified atom stereocenters. The Morgan fingerprint density at radius 1 is 1.06 bits per heavy atom. The fourth-order valence-electron chi connectivity index (χ4n) is 4.68. The minimum atomic E-state index is -3.49. The van der Waals surface area contributed by atoms with Crippen molar-refractivity contribution in [3.05, 3.63) is 59.2 Å². The molecule has 1 aliphatic heterocycles. The van der Waals surface area contributed by atoms with Gasteiger partial charge in [0.1, 0.15) is 0 Å². The van der Waals surface area contributed by atoms with Crippen LogP contribution in [0, 0.1) is 12.8 Å². The number of fused-ring (bicyclic) bond motifs is 1. The van der Waals surface area contributed by atoms with Crippen molar-refractivity contribution in [2.24, 2.45) is 5.92 Å². The van der Waals surface area contributed by atoms with E-state index in [2.05, 4.69) is 27.1 Å². The van der Waals surface area contributed by atoms with Crippen molar-refractivity contribution in [3.8, 4) is 0 Å². The maximum atomic E-state index is 12.5. The number of piperidine rings is 1. The molecule has 2 N–H and O–H groups in total. The minimum absolute atomic E-state index is 0.0325. The first-order valence-electron chi connectivity index (χ1n) is 11.6. The van der Waals surface area contributed by atoms with Gasteiger partial charge >= 0.3 is 0 Å². The molecule has 1 heterocycles. The SMILES string of the molecule is Cc1ccc(S(=O)(=O)NC[C@H]2CCCN(CCC(=O)Nc3ccc4c(c3)CCC4)C2)cc1. The standard InChI is InChI=1S/C25H33N3O3S/c1-19-7-11-24(12-8-19)32(30,31)26-17-20-4-3-14-28(18-20)15-13-25(29)27-23-10-9-21-5-2-6-22(21)16-23/h7-12,16,20,26H,2-6,13-15,17-18H2,1H3,(H,27,29)/t20-/m1/s1. The molecule has 1 fully saturated rings. The number of benzene rings is 2. The molecular weight excluding hydrogens is 422 g/mol.